The fourth-order valence-corrected chi connectivity index (χ4v) is 4.22. The summed E-state index contributed by atoms with van der Waals surface area (Å²) in [5.41, 5.74) is 2.59. The summed E-state index contributed by atoms with van der Waals surface area (Å²) >= 11 is 18.4. The van der Waals surface area contributed by atoms with Crippen LogP contribution in [0.4, 0.5) is 0 Å². The van der Waals surface area contributed by atoms with Crippen LogP contribution in [0.15, 0.2) is 72.8 Å². The molecule has 4 nitrogen and oxygen atoms in total. The van der Waals surface area contributed by atoms with Crippen LogP contribution in [-0.4, -0.2) is 29.3 Å². The molecule has 0 radical (unpaired) electrons. The van der Waals surface area contributed by atoms with Crippen molar-refractivity contribution in [1.82, 2.24) is 10.2 Å². The average Bonchev–Trinajstić information content (AvgIpc) is 2.85. The van der Waals surface area contributed by atoms with Crippen LogP contribution in [0.1, 0.15) is 36.5 Å². The van der Waals surface area contributed by atoms with Gasteiger partial charge in [-0.25, -0.2) is 0 Å². The van der Waals surface area contributed by atoms with Gasteiger partial charge in [-0.3, -0.25) is 9.59 Å². The predicted octanol–water partition coefficient (Wildman–Crippen LogP) is 6.75. The van der Waals surface area contributed by atoms with Crippen molar-refractivity contribution in [2.45, 2.75) is 45.2 Å². The number of carbonyl (C=O) groups is 2. The number of carbonyl (C=O) groups excluding carboxylic acids is 2. The summed E-state index contributed by atoms with van der Waals surface area (Å²) < 4.78 is 0. The summed E-state index contributed by atoms with van der Waals surface area (Å²) in [6.07, 6.45) is 2.37. The Labute approximate surface area is 222 Å². The lowest BCUT2D eigenvalue weighted by Crippen LogP contribution is -2.51. The van der Waals surface area contributed by atoms with Crippen LogP contribution < -0.4 is 5.32 Å². The van der Waals surface area contributed by atoms with E-state index in [1.165, 1.54) is 0 Å². The molecule has 0 saturated carbocycles. The zero-order valence-corrected chi connectivity index (χ0v) is 21.9. The van der Waals surface area contributed by atoms with Crippen molar-refractivity contribution in [2.24, 2.45) is 0 Å². The maximum absolute atomic E-state index is 13.7. The van der Waals surface area contributed by atoms with Gasteiger partial charge in [0.05, 0.1) is 16.5 Å². The smallest absolute Gasteiger partial charge is 0.243 e. The number of hydrogen-bond acceptors (Lipinski definition) is 2. The molecule has 2 amide bonds. The number of rotatable bonds is 11. The van der Waals surface area contributed by atoms with Gasteiger partial charge in [-0.05, 0) is 47.4 Å². The topological polar surface area (TPSA) is 49.4 Å². The molecule has 0 aliphatic rings. The Morgan fingerprint density at radius 3 is 2.20 bits per heavy atom. The molecule has 3 aromatic carbocycles. The molecule has 1 N–H and O–H groups in total. The zero-order chi connectivity index (χ0) is 25.2. The highest BCUT2D eigenvalue weighted by molar-refractivity contribution is 6.42. The number of hydrogen-bond donors (Lipinski definition) is 1. The van der Waals surface area contributed by atoms with Crippen LogP contribution in [0.25, 0.3) is 0 Å². The van der Waals surface area contributed by atoms with Crippen molar-refractivity contribution in [3.63, 3.8) is 0 Å². The van der Waals surface area contributed by atoms with Gasteiger partial charge in [0.1, 0.15) is 6.04 Å². The molecule has 0 aromatic heterocycles. The van der Waals surface area contributed by atoms with E-state index >= 15 is 0 Å². The van der Waals surface area contributed by atoms with Gasteiger partial charge in [-0.15, -0.1) is 0 Å². The van der Waals surface area contributed by atoms with E-state index in [1.54, 1.807) is 29.2 Å². The predicted molar refractivity (Wildman–Crippen MR) is 144 cm³/mol. The molecule has 184 valence electrons. The third-order valence-electron chi connectivity index (χ3n) is 5.71. The maximum Gasteiger partial charge on any atom is 0.243 e. The van der Waals surface area contributed by atoms with Crippen LogP contribution in [0.5, 0.6) is 0 Å². The second kappa shape index (κ2) is 13.5. The highest BCUT2D eigenvalue weighted by Crippen LogP contribution is 2.25. The Morgan fingerprint density at radius 1 is 0.857 bits per heavy atom. The van der Waals surface area contributed by atoms with Crippen LogP contribution in [0.2, 0.25) is 15.1 Å². The largest absolute Gasteiger partial charge is 0.354 e. The molecule has 0 aliphatic heterocycles. The highest BCUT2D eigenvalue weighted by Gasteiger charge is 2.30. The summed E-state index contributed by atoms with van der Waals surface area (Å²) in [4.78, 5) is 28.7. The SMILES string of the molecule is CCCCNC(=O)C(Cc1ccccc1)N(Cc1ccc(Cl)c(Cl)c1)C(=O)Cc1ccc(Cl)cc1. The first-order valence-electron chi connectivity index (χ1n) is 11.7. The molecule has 0 spiro atoms. The third kappa shape index (κ3) is 8.28. The van der Waals surface area contributed by atoms with Crippen molar-refractivity contribution in [3.8, 4) is 0 Å². The Kier molecular flexibility index (Phi) is 10.5. The van der Waals surface area contributed by atoms with Gasteiger partial charge in [0.15, 0.2) is 0 Å². The number of nitrogens with zero attached hydrogens (tertiary/aromatic N) is 1. The van der Waals surface area contributed by atoms with Gasteiger partial charge < -0.3 is 10.2 Å². The van der Waals surface area contributed by atoms with E-state index < -0.39 is 6.04 Å². The van der Waals surface area contributed by atoms with Gasteiger partial charge in [0, 0.05) is 24.5 Å². The second-order valence-electron chi connectivity index (χ2n) is 8.42. The minimum atomic E-state index is -0.691. The van der Waals surface area contributed by atoms with E-state index in [0.717, 1.165) is 29.5 Å². The third-order valence-corrected chi connectivity index (χ3v) is 6.70. The fraction of sp³-hybridized carbons (Fsp3) is 0.286. The van der Waals surface area contributed by atoms with Gasteiger partial charge in [-0.2, -0.15) is 0 Å². The van der Waals surface area contributed by atoms with Gasteiger partial charge >= 0.3 is 0 Å². The molecule has 0 heterocycles. The summed E-state index contributed by atoms with van der Waals surface area (Å²) in [6, 6.07) is 21.5. The first-order valence-corrected chi connectivity index (χ1v) is 12.8. The van der Waals surface area contributed by atoms with Gasteiger partial charge in [0.2, 0.25) is 11.8 Å². The molecule has 1 unspecified atom stereocenters. The van der Waals surface area contributed by atoms with Crippen LogP contribution in [-0.2, 0) is 29.0 Å². The molecular weight excluding hydrogens is 503 g/mol. The van der Waals surface area contributed by atoms with Gasteiger partial charge in [-0.1, -0.05) is 96.7 Å². The summed E-state index contributed by atoms with van der Waals surface area (Å²) in [5, 5.41) is 4.46. The van der Waals surface area contributed by atoms with E-state index in [1.807, 2.05) is 48.5 Å². The average molecular weight is 532 g/mol. The van der Waals surface area contributed by atoms with E-state index in [2.05, 4.69) is 12.2 Å². The van der Waals surface area contributed by atoms with E-state index in [-0.39, 0.29) is 24.8 Å². The minimum absolute atomic E-state index is 0.145. The van der Waals surface area contributed by atoms with Crippen LogP contribution in [0.3, 0.4) is 0 Å². The van der Waals surface area contributed by atoms with Crippen LogP contribution >= 0.6 is 34.8 Å². The molecule has 0 fully saturated rings. The second-order valence-corrected chi connectivity index (χ2v) is 9.67. The molecule has 3 rings (SSSR count). The number of amides is 2. The molecule has 0 bridgehead atoms. The Bertz CT molecular complexity index is 1120. The molecule has 0 saturated heterocycles. The lowest BCUT2D eigenvalue weighted by molar-refractivity contribution is -0.140. The summed E-state index contributed by atoms with van der Waals surface area (Å²) in [6.45, 7) is 2.86. The fourth-order valence-electron chi connectivity index (χ4n) is 3.77. The molecule has 7 heteroatoms. The van der Waals surface area contributed by atoms with Crippen molar-refractivity contribution < 1.29 is 9.59 Å². The van der Waals surface area contributed by atoms with Crippen molar-refractivity contribution in [2.75, 3.05) is 6.54 Å². The normalized spacial score (nSPS) is 11.7. The minimum Gasteiger partial charge on any atom is -0.354 e. The van der Waals surface area contributed by atoms with E-state index in [9.17, 15) is 9.59 Å². The van der Waals surface area contributed by atoms with E-state index in [0.29, 0.717) is 28.0 Å². The Morgan fingerprint density at radius 2 is 1.54 bits per heavy atom. The lowest BCUT2D eigenvalue weighted by atomic mass is 10.0. The first kappa shape index (κ1) is 27.1. The van der Waals surface area contributed by atoms with Crippen molar-refractivity contribution >= 4 is 46.6 Å². The summed E-state index contributed by atoms with van der Waals surface area (Å²) in [7, 11) is 0. The molecule has 0 aliphatic carbocycles. The van der Waals surface area contributed by atoms with Gasteiger partial charge in [0.25, 0.3) is 0 Å². The monoisotopic (exact) mass is 530 g/mol. The van der Waals surface area contributed by atoms with Crippen molar-refractivity contribution in [1.29, 1.82) is 0 Å². The molecule has 3 aromatic rings. The standard InChI is InChI=1S/C28H29Cl3N2O2/c1-2-3-15-32-28(35)26(17-20-7-5-4-6-8-20)33(19-22-11-14-24(30)25(31)16-22)27(34)18-21-9-12-23(29)13-10-21/h4-14,16,26H,2-3,15,17-19H2,1H3,(H,32,35). The maximum atomic E-state index is 13.7. The molecular formula is C28H29Cl3N2O2. The first-order chi connectivity index (χ1) is 16.9. The number of benzene rings is 3. The van der Waals surface area contributed by atoms with E-state index in [4.69, 9.17) is 34.8 Å². The zero-order valence-electron chi connectivity index (χ0n) is 19.6. The van der Waals surface area contributed by atoms with Crippen LogP contribution in [0, 0.1) is 0 Å². The lowest BCUT2D eigenvalue weighted by Gasteiger charge is -2.32. The molecule has 35 heavy (non-hydrogen) atoms. The van der Waals surface area contributed by atoms with Crippen molar-refractivity contribution in [3.05, 3.63) is 105 Å². The summed E-state index contributed by atoms with van der Waals surface area (Å²) in [5.74, 6) is -0.336. The Balaban J connectivity index is 1.95. The number of halogens is 3. The number of unbranched alkanes of at least 4 members (excludes halogenated alkanes) is 1. The number of nitrogens with one attached hydrogen (secondary N) is 1. The Hall–Kier alpha value is -2.53. The highest BCUT2D eigenvalue weighted by atomic mass is 35.5. The molecule has 1 atom stereocenters. The quantitative estimate of drug-likeness (QED) is 0.278.